The number of nitrogens with one attached hydrogen (secondary N) is 1. The van der Waals surface area contributed by atoms with E-state index in [0.717, 1.165) is 17.0 Å². The van der Waals surface area contributed by atoms with Gasteiger partial charge in [0.1, 0.15) is 11.5 Å². The fourth-order valence-electron chi connectivity index (χ4n) is 1.48. The number of hydrogen-bond donors (Lipinski definition) is 3. The summed E-state index contributed by atoms with van der Waals surface area (Å²) < 4.78 is 0. The molecule has 0 aliphatic carbocycles. The summed E-state index contributed by atoms with van der Waals surface area (Å²) in [5.41, 5.74) is 0.475. The maximum Gasteiger partial charge on any atom is 0.124 e. The van der Waals surface area contributed by atoms with Crippen LogP contribution < -0.4 is 0 Å². The van der Waals surface area contributed by atoms with E-state index in [-0.39, 0.29) is 23.9 Å². The molecule has 2 aromatic carbocycles. The molecule has 3 nitrogen and oxygen atoms in total. The van der Waals surface area contributed by atoms with Gasteiger partial charge in [0.2, 0.25) is 0 Å². The Morgan fingerprint density at radius 2 is 1.80 bits per heavy atom. The largest absolute Gasteiger partial charge is 0.508 e. The van der Waals surface area contributed by atoms with E-state index in [1.807, 2.05) is 0 Å². The fraction of sp³-hybridized carbons (Fsp3) is 0. The van der Waals surface area contributed by atoms with Crippen LogP contribution in [0.3, 0.4) is 0 Å². The Balaban J connectivity index is 0.00000112. The topological polar surface area (TPSA) is 64.3 Å². The molecule has 0 bridgehead atoms. The molecule has 78 valence electrons. The summed E-state index contributed by atoms with van der Waals surface area (Å²) in [6.45, 7) is 0. The zero-order valence-corrected chi connectivity index (χ0v) is 8.58. The summed E-state index contributed by atoms with van der Waals surface area (Å²) in [7, 11) is 0. The van der Waals surface area contributed by atoms with Gasteiger partial charge >= 0.3 is 0 Å². The molecule has 0 spiro atoms. The van der Waals surface area contributed by atoms with Gasteiger partial charge < -0.3 is 15.6 Å². The highest BCUT2D eigenvalue weighted by molar-refractivity contribution is 6.01. The standard InChI is InChI=1S/C11H9NO2.ClH/c12-6-10-9-3-2-8(13)5-7(9)1-4-11(10)14;/h1-6,12-14H;1H. The van der Waals surface area contributed by atoms with Gasteiger partial charge in [-0.2, -0.15) is 0 Å². The third-order valence-corrected chi connectivity index (χ3v) is 2.17. The molecule has 0 aromatic heterocycles. The molecular formula is C11H10ClNO2. The van der Waals surface area contributed by atoms with Crippen LogP contribution in [0.2, 0.25) is 0 Å². The average Bonchev–Trinajstić information content (AvgIpc) is 2.18. The van der Waals surface area contributed by atoms with E-state index in [2.05, 4.69) is 0 Å². The van der Waals surface area contributed by atoms with Crippen LogP contribution in [0.25, 0.3) is 10.8 Å². The van der Waals surface area contributed by atoms with E-state index in [4.69, 9.17) is 5.41 Å². The Labute approximate surface area is 92.9 Å². The molecule has 4 heteroatoms. The molecule has 2 rings (SSSR count). The molecular weight excluding hydrogens is 214 g/mol. The van der Waals surface area contributed by atoms with Gasteiger partial charge in [0, 0.05) is 11.8 Å². The Bertz CT molecular complexity index is 511. The summed E-state index contributed by atoms with van der Waals surface area (Å²) in [6.07, 6.45) is 1.11. The number of aromatic hydroxyl groups is 2. The number of hydrogen-bond acceptors (Lipinski definition) is 3. The molecule has 0 saturated carbocycles. The van der Waals surface area contributed by atoms with Crippen molar-refractivity contribution in [1.82, 2.24) is 0 Å². The SMILES string of the molecule is Cl.N=Cc1c(O)ccc2cc(O)ccc12. The molecule has 0 saturated heterocycles. The van der Waals surface area contributed by atoms with E-state index in [1.54, 1.807) is 18.2 Å². The van der Waals surface area contributed by atoms with Crippen molar-refractivity contribution in [2.45, 2.75) is 0 Å². The zero-order chi connectivity index (χ0) is 10.1. The smallest absolute Gasteiger partial charge is 0.124 e. The number of phenolic OH excluding ortho intramolecular Hbond substituents is 2. The highest BCUT2D eigenvalue weighted by atomic mass is 35.5. The first kappa shape index (κ1) is 11.3. The molecule has 0 heterocycles. The molecule has 15 heavy (non-hydrogen) atoms. The molecule has 0 aliphatic rings. The highest BCUT2D eigenvalue weighted by Gasteiger charge is 2.04. The van der Waals surface area contributed by atoms with Crippen molar-refractivity contribution < 1.29 is 10.2 Å². The molecule has 0 radical (unpaired) electrons. The van der Waals surface area contributed by atoms with Crippen molar-refractivity contribution in [3.63, 3.8) is 0 Å². The van der Waals surface area contributed by atoms with Crippen LogP contribution in [0.1, 0.15) is 5.56 Å². The summed E-state index contributed by atoms with van der Waals surface area (Å²) >= 11 is 0. The van der Waals surface area contributed by atoms with Crippen LogP contribution in [0, 0.1) is 5.41 Å². The van der Waals surface area contributed by atoms with Crippen molar-refractivity contribution in [1.29, 1.82) is 5.41 Å². The average molecular weight is 224 g/mol. The normalized spacial score (nSPS) is 9.60. The van der Waals surface area contributed by atoms with Crippen molar-refractivity contribution in [2.24, 2.45) is 0 Å². The Hall–Kier alpha value is -1.74. The van der Waals surface area contributed by atoms with Gasteiger partial charge in [-0.25, -0.2) is 0 Å². The fourth-order valence-corrected chi connectivity index (χ4v) is 1.48. The summed E-state index contributed by atoms with van der Waals surface area (Å²) in [5.74, 6) is 0.261. The first-order chi connectivity index (χ1) is 6.72. The molecule has 3 N–H and O–H groups in total. The Morgan fingerprint density at radius 3 is 2.47 bits per heavy atom. The predicted molar refractivity (Wildman–Crippen MR) is 62.4 cm³/mol. The van der Waals surface area contributed by atoms with E-state index >= 15 is 0 Å². The van der Waals surface area contributed by atoms with Gasteiger partial charge in [-0.1, -0.05) is 6.07 Å². The van der Waals surface area contributed by atoms with Crippen LogP contribution in [-0.2, 0) is 0 Å². The zero-order valence-electron chi connectivity index (χ0n) is 7.77. The lowest BCUT2D eigenvalue weighted by atomic mass is 10.0. The number of halogens is 1. The lowest BCUT2D eigenvalue weighted by molar-refractivity contribution is 0.473. The van der Waals surface area contributed by atoms with Crippen LogP contribution >= 0.6 is 12.4 Å². The number of rotatable bonds is 1. The molecule has 0 unspecified atom stereocenters. The molecule has 0 fully saturated rings. The van der Waals surface area contributed by atoms with Gasteiger partial charge in [0.05, 0.1) is 0 Å². The van der Waals surface area contributed by atoms with Gasteiger partial charge in [-0.05, 0) is 35.0 Å². The minimum Gasteiger partial charge on any atom is -0.508 e. The third kappa shape index (κ3) is 1.87. The summed E-state index contributed by atoms with van der Waals surface area (Å²) in [6, 6.07) is 8.04. The van der Waals surface area contributed by atoms with E-state index in [0.29, 0.717) is 5.56 Å². The molecule has 0 amide bonds. The van der Waals surface area contributed by atoms with E-state index < -0.39 is 0 Å². The second-order valence-corrected chi connectivity index (χ2v) is 3.05. The number of fused-ring (bicyclic) bond motifs is 1. The van der Waals surface area contributed by atoms with Crippen LogP contribution in [0.4, 0.5) is 0 Å². The molecule has 2 aromatic rings. The second-order valence-electron chi connectivity index (χ2n) is 3.05. The lowest BCUT2D eigenvalue weighted by Gasteiger charge is -2.04. The van der Waals surface area contributed by atoms with Crippen molar-refractivity contribution in [3.05, 3.63) is 35.9 Å². The van der Waals surface area contributed by atoms with Gasteiger partial charge in [0.25, 0.3) is 0 Å². The lowest BCUT2D eigenvalue weighted by Crippen LogP contribution is -1.84. The predicted octanol–water partition coefficient (Wildman–Crippen LogP) is 2.67. The summed E-state index contributed by atoms with van der Waals surface area (Å²) in [4.78, 5) is 0. The maximum atomic E-state index is 9.46. The van der Waals surface area contributed by atoms with Crippen molar-refractivity contribution >= 4 is 29.4 Å². The molecule has 0 atom stereocenters. The number of benzene rings is 2. The Morgan fingerprint density at radius 1 is 1.07 bits per heavy atom. The maximum absolute atomic E-state index is 9.46. The highest BCUT2D eigenvalue weighted by Crippen LogP contribution is 2.27. The monoisotopic (exact) mass is 223 g/mol. The van der Waals surface area contributed by atoms with E-state index in [1.165, 1.54) is 12.1 Å². The van der Waals surface area contributed by atoms with Gasteiger partial charge in [-0.3, -0.25) is 0 Å². The first-order valence-electron chi connectivity index (χ1n) is 4.17. The van der Waals surface area contributed by atoms with Crippen LogP contribution in [0.15, 0.2) is 30.3 Å². The third-order valence-electron chi connectivity index (χ3n) is 2.17. The quantitative estimate of drug-likeness (QED) is 0.651. The first-order valence-corrected chi connectivity index (χ1v) is 4.17. The van der Waals surface area contributed by atoms with E-state index in [9.17, 15) is 10.2 Å². The minimum absolute atomic E-state index is 0. The van der Waals surface area contributed by atoms with Gasteiger partial charge in [-0.15, -0.1) is 12.4 Å². The van der Waals surface area contributed by atoms with Crippen LogP contribution in [-0.4, -0.2) is 16.4 Å². The van der Waals surface area contributed by atoms with Crippen molar-refractivity contribution in [2.75, 3.05) is 0 Å². The Kier molecular flexibility index (Phi) is 3.17. The second kappa shape index (κ2) is 4.19. The number of phenols is 2. The summed E-state index contributed by atoms with van der Waals surface area (Å²) in [5, 5.41) is 27.4. The van der Waals surface area contributed by atoms with Crippen LogP contribution in [0.5, 0.6) is 11.5 Å². The van der Waals surface area contributed by atoms with Crippen molar-refractivity contribution in [3.8, 4) is 11.5 Å². The molecule has 0 aliphatic heterocycles. The van der Waals surface area contributed by atoms with Gasteiger partial charge in [0.15, 0.2) is 0 Å². The minimum atomic E-state index is 0.